The van der Waals surface area contributed by atoms with Gasteiger partial charge in [0.15, 0.2) is 0 Å². The van der Waals surface area contributed by atoms with Crippen LogP contribution < -0.4 is 0 Å². The van der Waals surface area contributed by atoms with E-state index in [1.807, 2.05) is 24.3 Å². The van der Waals surface area contributed by atoms with E-state index in [0.717, 1.165) is 15.7 Å². The van der Waals surface area contributed by atoms with Gasteiger partial charge < -0.3 is 4.74 Å². The monoisotopic (exact) mass is 309 g/mol. The third-order valence-corrected chi connectivity index (χ3v) is 4.20. The first-order valence-electron chi connectivity index (χ1n) is 7.21. The van der Waals surface area contributed by atoms with Crippen LogP contribution in [0.5, 0.6) is 0 Å². The zero-order valence-electron chi connectivity index (χ0n) is 11.9. The van der Waals surface area contributed by atoms with Crippen LogP contribution in [0.15, 0.2) is 36.4 Å². The molecule has 2 aromatic carbocycles. The van der Waals surface area contributed by atoms with Crippen molar-refractivity contribution in [1.29, 1.82) is 0 Å². The highest BCUT2D eigenvalue weighted by Crippen LogP contribution is 2.31. The largest absolute Gasteiger partial charge is 0.392 e. The number of fused-ring (bicyclic) bond motifs is 2. The van der Waals surface area contributed by atoms with Crippen LogP contribution in [0.3, 0.4) is 0 Å². The number of hydrogen-bond acceptors (Lipinski definition) is 5. The van der Waals surface area contributed by atoms with Gasteiger partial charge in [-0.2, -0.15) is 0 Å². The molecule has 0 N–H and O–H groups in total. The van der Waals surface area contributed by atoms with Gasteiger partial charge in [-0.15, -0.1) is 0 Å². The second-order valence-corrected chi connectivity index (χ2v) is 5.57. The average molecular weight is 309 g/mol. The summed E-state index contributed by atoms with van der Waals surface area (Å²) >= 11 is 0. The Morgan fingerprint density at radius 1 is 0.913 bits per heavy atom. The van der Waals surface area contributed by atoms with Crippen LogP contribution in [0.1, 0.15) is 33.6 Å². The molecule has 2 amide bonds. The highest BCUT2D eigenvalue weighted by atomic mass is 16.6. The fourth-order valence-electron chi connectivity index (χ4n) is 3.07. The summed E-state index contributed by atoms with van der Waals surface area (Å²) in [6.45, 7) is 0. The molecule has 2 aliphatic rings. The van der Waals surface area contributed by atoms with Crippen molar-refractivity contribution >= 4 is 34.5 Å². The standard InChI is InChI=1S/C17H11NO5/c19-14-6-5-13(17(22)23-14)18-15(20)11-7-9-3-1-2-4-10(9)8-12(11)16(18)21/h1-4,7-8,13H,5-6H2. The topological polar surface area (TPSA) is 80.8 Å². The van der Waals surface area contributed by atoms with Gasteiger partial charge >= 0.3 is 11.9 Å². The van der Waals surface area contributed by atoms with Gasteiger partial charge in [0.25, 0.3) is 11.8 Å². The minimum atomic E-state index is -1.04. The first-order valence-corrected chi connectivity index (χ1v) is 7.21. The Bertz CT molecular complexity index is 846. The normalized spacial score (nSPS) is 20.9. The predicted molar refractivity (Wildman–Crippen MR) is 78.6 cm³/mol. The maximum atomic E-state index is 12.6. The highest BCUT2D eigenvalue weighted by molar-refractivity contribution is 6.24. The molecule has 1 atom stereocenters. The van der Waals surface area contributed by atoms with Crippen LogP contribution in [-0.4, -0.2) is 34.7 Å². The molecule has 6 heteroatoms. The molecular weight excluding hydrogens is 298 g/mol. The summed E-state index contributed by atoms with van der Waals surface area (Å²) in [6, 6.07) is 9.67. The van der Waals surface area contributed by atoms with E-state index in [0.29, 0.717) is 0 Å². The molecule has 2 aliphatic heterocycles. The van der Waals surface area contributed by atoms with Gasteiger partial charge in [-0.05, 0) is 29.3 Å². The molecule has 0 spiro atoms. The third-order valence-electron chi connectivity index (χ3n) is 4.20. The van der Waals surface area contributed by atoms with Crippen molar-refractivity contribution in [3.63, 3.8) is 0 Å². The number of benzene rings is 2. The van der Waals surface area contributed by atoms with Crippen molar-refractivity contribution in [2.75, 3.05) is 0 Å². The fourth-order valence-corrected chi connectivity index (χ4v) is 3.07. The number of cyclic esters (lactones) is 2. The summed E-state index contributed by atoms with van der Waals surface area (Å²) in [5.74, 6) is -2.52. The van der Waals surface area contributed by atoms with Crippen LogP contribution in [-0.2, 0) is 14.3 Å². The molecule has 23 heavy (non-hydrogen) atoms. The predicted octanol–water partition coefficient (Wildman–Crippen LogP) is 1.67. The Hall–Kier alpha value is -3.02. The van der Waals surface area contributed by atoms with E-state index in [-0.39, 0.29) is 24.0 Å². The molecule has 0 aromatic heterocycles. The summed E-state index contributed by atoms with van der Waals surface area (Å²) in [6.07, 6.45) is 0.106. The minimum Gasteiger partial charge on any atom is -0.392 e. The van der Waals surface area contributed by atoms with Gasteiger partial charge in [-0.3, -0.25) is 19.3 Å². The molecule has 114 valence electrons. The number of esters is 2. The van der Waals surface area contributed by atoms with E-state index in [4.69, 9.17) is 0 Å². The molecule has 6 nitrogen and oxygen atoms in total. The zero-order valence-corrected chi connectivity index (χ0v) is 11.9. The Labute approximate surface area is 130 Å². The number of hydrogen-bond donors (Lipinski definition) is 0. The van der Waals surface area contributed by atoms with Gasteiger partial charge in [0.05, 0.1) is 11.1 Å². The Morgan fingerprint density at radius 2 is 1.48 bits per heavy atom. The summed E-state index contributed by atoms with van der Waals surface area (Å²) in [7, 11) is 0. The number of carbonyl (C=O) groups is 4. The SMILES string of the molecule is O=C1CCC(N2C(=O)c3cc4ccccc4cc3C2=O)C(=O)O1. The van der Waals surface area contributed by atoms with Crippen LogP contribution in [0.4, 0.5) is 0 Å². The van der Waals surface area contributed by atoms with E-state index in [9.17, 15) is 19.2 Å². The summed E-state index contributed by atoms with van der Waals surface area (Å²) in [4.78, 5) is 49.1. The van der Waals surface area contributed by atoms with Crippen molar-refractivity contribution in [2.45, 2.75) is 18.9 Å². The fraction of sp³-hybridized carbons (Fsp3) is 0.176. The quantitative estimate of drug-likeness (QED) is 0.455. The molecule has 2 aromatic rings. The molecule has 0 saturated carbocycles. The Balaban J connectivity index is 1.78. The van der Waals surface area contributed by atoms with E-state index >= 15 is 0 Å². The summed E-state index contributed by atoms with van der Waals surface area (Å²) < 4.78 is 4.56. The van der Waals surface area contributed by atoms with E-state index in [2.05, 4.69) is 4.74 Å². The number of amides is 2. The summed E-state index contributed by atoms with van der Waals surface area (Å²) in [5.41, 5.74) is 0.553. The van der Waals surface area contributed by atoms with Crippen molar-refractivity contribution in [2.24, 2.45) is 0 Å². The lowest BCUT2D eigenvalue weighted by Gasteiger charge is -2.26. The molecule has 2 heterocycles. The smallest absolute Gasteiger partial charge is 0.337 e. The number of ether oxygens (including phenoxy) is 1. The lowest BCUT2D eigenvalue weighted by Crippen LogP contribution is -2.48. The zero-order chi connectivity index (χ0) is 16.1. The first-order chi connectivity index (χ1) is 11.1. The van der Waals surface area contributed by atoms with Crippen molar-refractivity contribution in [1.82, 2.24) is 4.90 Å². The molecule has 1 saturated heterocycles. The van der Waals surface area contributed by atoms with Gasteiger partial charge in [-0.1, -0.05) is 24.3 Å². The van der Waals surface area contributed by atoms with Crippen LogP contribution in [0.25, 0.3) is 10.8 Å². The molecule has 0 bridgehead atoms. The Kier molecular flexibility index (Phi) is 2.81. The lowest BCUT2D eigenvalue weighted by atomic mass is 10.0. The second kappa shape index (κ2) is 4.74. The number of carbonyl (C=O) groups excluding carboxylic acids is 4. The molecule has 0 aliphatic carbocycles. The van der Waals surface area contributed by atoms with E-state index in [1.165, 1.54) is 0 Å². The lowest BCUT2D eigenvalue weighted by molar-refractivity contribution is -0.167. The second-order valence-electron chi connectivity index (χ2n) is 5.57. The van der Waals surface area contributed by atoms with Crippen LogP contribution in [0, 0.1) is 0 Å². The maximum Gasteiger partial charge on any atom is 0.337 e. The van der Waals surface area contributed by atoms with Gasteiger partial charge in [0.1, 0.15) is 6.04 Å². The minimum absolute atomic E-state index is 0.00574. The third kappa shape index (κ3) is 1.95. The maximum absolute atomic E-state index is 12.6. The molecule has 0 radical (unpaired) electrons. The van der Waals surface area contributed by atoms with Gasteiger partial charge in [0.2, 0.25) is 0 Å². The van der Waals surface area contributed by atoms with Gasteiger partial charge in [0, 0.05) is 6.42 Å². The van der Waals surface area contributed by atoms with E-state index in [1.54, 1.807) is 12.1 Å². The average Bonchev–Trinajstić information content (AvgIpc) is 2.77. The molecule has 1 unspecified atom stereocenters. The number of imide groups is 1. The first kappa shape index (κ1) is 13.6. The molecule has 1 fully saturated rings. The summed E-state index contributed by atoms with van der Waals surface area (Å²) in [5, 5.41) is 1.69. The molecule has 4 rings (SSSR count). The number of nitrogens with zero attached hydrogens (tertiary/aromatic N) is 1. The Morgan fingerprint density at radius 3 is 2.00 bits per heavy atom. The number of rotatable bonds is 1. The van der Waals surface area contributed by atoms with Crippen LogP contribution in [0.2, 0.25) is 0 Å². The van der Waals surface area contributed by atoms with Crippen molar-refractivity contribution < 1.29 is 23.9 Å². The molecular formula is C17H11NO5. The highest BCUT2D eigenvalue weighted by Gasteiger charge is 2.45. The van der Waals surface area contributed by atoms with E-state index < -0.39 is 29.8 Å². The van der Waals surface area contributed by atoms with Crippen LogP contribution >= 0.6 is 0 Å². The van der Waals surface area contributed by atoms with Gasteiger partial charge in [-0.25, -0.2) is 4.79 Å². The van der Waals surface area contributed by atoms with Crippen molar-refractivity contribution in [3.8, 4) is 0 Å². The van der Waals surface area contributed by atoms with Crippen molar-refractivity contribution in [3.05, 3.63) is 47.5 Å².